The zero-order valence-corrected chi connectivity index (χ0v) is 15.3. The normalized spacial score (nSPS) is 10.4. The molecule has 2 rings (SSSR count). The largest absolute Gasteiger partial charge is 0.493 e. The first-order valence-corrected chi connectivity index (χ1v) is 8.59. The predicted molar refractivity (Wildman–Crippen MR) is 93.3 cm³/mol. The molecule has 0 fully saturated rings. The van der Waals surface area contributed by atoms with Gasteiger partial charge in [-0.25, -0.2) is 9.78 Å². The second kappa shape index (κ2) is 8.68. The van der Waals surface area contributed by atoms with Crippen molar-refractivity contribution in [3.63, 3.8) is 0 Å². The molecular weight excluding hydrogens is 368 g/mol. The number of halogens is 1. The predicted octanol–water partition coefficient (Wildman–Crippen LogP) is 2.59. The van der Waals surface area contributed by atoms with E-state index in [0.29, 0.717) is 5.69 Å². The van der Waals surface area contributed by atoms with E-state index in [2.05, 4.69) is 4.98 Å². The summed E-state index contributed by atoms with van der Waals surface area (Å²) < 4.78 is 15.6. The minimum Gasteiger partial charge on any atom is -0.493 e. The lowest BCUT2D eigenvalue weighted by molar-refractivity contribution is -0.119. The number of primary amides is 1. The number of benzene rings is 1. The monoisotopic (exact) mass is 384 g/mol. The van der Waals surface area contributed by atoms with Gasteiger partial charge < -0.3 is 19.9 Å². The third-order valence-corrected chi connectivity index (χ3v) is 4.40. The molecule has 0 spiro atoms. The van der Waals surface area contributed by atoms with Gasteiger partial charge in [0.1, 0.15) is 6.61 Å². The lowest BCUT2D eigenvalue weighted by Gasteiger charge is -2.13. The van der Waals surface area contributed by atoms with Gasteiger partial charge in [-0.2, -0.15) is 0 Å². The summed E-state index contributed by atoms with van der Waals surface area (Å²) in [6, 6.07) is 2.80. The Morgan fingerprint density at radius 2 is 2.12 bits per heavy atom. The number of thiazole rings is 1. The van der Waals surface area contributed by atoms with Gasteiger partial charge in [0.2, 0.25) is 0 Å². The van der Waals surface area contributed by atoms with Gasteiger partial charge in [0.05, 0.1) is 28.4 Å². The van der Waals surface area contributed by atoms with Crippen LogP contribution in [0.1, 0.15) is 28.0 Å². The smallest absolute Gasteiger partial charge is 0.338 e. The van der Waals surface area contributed by atoms with Crippen LogP contribution < -0.4 is 15.2 Å². The fourth-order valence-corrected chi connectivity index (χ4v) is 2.92. The van der Waals surface area contributed by atoms with E-state index >= 15 is 0 Å². The first kappa shape index (κ1) is 19.0. The van der Waals surface area contributed by atoms with Crippen LogP contribution in [0.25, 0.3) is 0 Å². The molecule has 2 N–H and O–H groups in total. The molecule has 0 aliphatic heterocycles. The maximum atomic E-state index is 12.2. The summed E-state index contributed by atoms with van der Waals surface area (Å²) in [7, 11) is 1.39. The highest BCUT2D eigenvalue weighted by Gasteiger charge is 2.18. The maximum absolute atomic E-state index is 12.2. The van der Waals surface area contributed by atoms with Crippen molar-refractivity contribution in [2.24, 2.45) is 5.73 Å². The fourth-order valence-electron chi connectivity index (χ4n) is 1.92. The van der Waals surface area contributed by atoms with Crippen molar-refractivity contribution >= 4 is 34.8 Å². The zero-order chi connectivity index (χ0) is 18.4. The summed E-state index contributed by atoms with van der Waals surface area (Å²) in [4.78, 5) is 27.4. The molecule has 1 aromatic carbocycles. The highest BCUT2D eigenvalue weighted by atomic mass is 35.5. The van der Waals surface area contributed by atoms with Crippen LogP contribution in [0.5, 0.6) is 11.5 Å². The van der Waals surface area contributed by atoms with Gasteiger partial charge in [-0.3, -0.25) is 4.79 Å². The Labute approximate surface area is 153 Å². The van der Waals surface area contributed by atoms with Gasteiger partial charge in [-0.15, -0.1) is 11.3 Å². The molecule has 1 aromatic heterocycles. The summed E-state index contributed by atoms with van der Waals surface area (Å²) in [6.07, 6.45) is 0.832. The lowest BCUT2D eigenvalue weighted by atomic mass is 10.2. The van der Waals surface area contributed by atoms with Crippen molar-refractivity contribution in [3.05, 3.63) is 38.8 Å². The van der Waals surface area contributed by atoms with Crippen molar-refractivity contribution in [1.29, 1.82) is 0 Å². The Morgan fingerprint density at radius 1 is 1.36 bits per heavy atom. The van der Waals surface area contributed by atoms with Gasteiger partial charge in [-0.1, -0.05) is 18.5 Å². The van der Waals surface area contributed by atoms with E-state index in [4.69, 9.17) is 31.5 Å². The molecule has 0 bridgehead atoms. The molecule has 9 heteroatoms. The molecule has 134 valence electrons. The van der Waals surface area contributed by atoms with Gasteiger partial charge in [0.15, 0.2) is 18.1 Å². The van der Waals surface area contributed by atoms with Crippen molar-refractivity contribution in [1.82, 2.24) is 4.98 Å². The number of aromatic nitrogens is 1. The number of methoxy groups -OCH3 is 1. The second-order valence-electron chi connectivity index (χ2n) is 4.91. The number of ether oxygens (including phenoxy) is 3. The summed E-state index contributed by atoms with van der Waals surface area (Å²) >= 11 is 7.62. The first-order valence-electron chi connectivity index (χ1n) is 7.33. The Morgan fingerprint density at radius 3 is 2.72 bits per heavy atom. The summed E-state index contributed by atoms with van der Waals surface area (Å²) in [6.45, 7) is 1.71. The number of nitrogens with two attached hydrogens (primary N) is 1. The van der Waals surface area contributed by atoms with E-state index in [0.717, 1.165) is 11.4 Å². The van der Waals surface area contributed by atoms with E-state index in [-0.39, 0.29) is 35.3 Å². The molecule has 0 aliphatic carbocycles. The quantitative estimate of drug-likeness (QED) is 0.702. The minimum atomic E-state index is -0.656. The molecule has 0 saturated heterocycles. The molecule has 7 nitrogen and oxygen atoms in total. The van der Waals surface area contributed by atoms with Crippen LogP contribution in [0.15, 0.2) is 17.5 Å². The van der Waals surface area contributed by atoms with Crippen molar-refractivity contribution in [2.45, 2.75) is 20.0 Å². The topological polar surface area (TPSA) is 101 Å². The van der Waals surface area contributed by atoms with E-state index < -0.39 is 11.9 Å². The third-order valence-electron chi connectivity index (χ3n) is 3.08. The number of rotatable bonds is 8. The van der Waals surface area contributed by atoms with Gasteiger partial charge in [0, 0.05) is 5.38 Å². The summed E-state index contributed by atoms with van der Waals surface area (Å²) in [5.41, 5.74) is 5.92. The average molecular weight is 385 g/mol. The number of hydrogen-bond acceptors (Lipinski definition) is 7. The molecular formula is C16H17ClN2O5S. The van der Waals surface area contributed by atoms with Gasteiger partial charge >= 0.3 is 5.97 Å². The van der Waals surface area contributed by atoms with Crippen LogP contribution in [0.4, 0.5) is 0 Å². The van der Waals surface area contributed by atoms with Crippen molar-refractivity contribution < 1.29 is 23.8 Å². The molecule has 0 aliphatic rings. The van der Waals surface area contributed by atoms with Crippen LogP contribution in [-0.4, -0.2) is 30.6 Å². The molecule has 0 saturated carbocycles. The Kier molecular flexibility index (Phi) is 6.60. The Bertz CT molecular complexity index is 778. The molecule has 2 aromatic rings. The van der Waals surface area contributed by atoms with E-state index in [1.807, 2.05) is 12.3 Å². The SMILES string of the molecule is CCc1nc(COC(=O)c2cc(Cl)c(OCC(N)=O)c(OC)c2)cs1. The third kappa shape index (κ3) is 5.07. The van der Waals surface area contributed by atoms with Crippen LogP contribution in [-0.2, 0) is 22.6 Å². The number of hydrogen-bond donors (Lipinski definition) is 1. The van der Waals surface area contributed by atoms with Crippen LogP contribution in [0.2, 0.25) is 5.02 Å². The zero-order valence-electron chi connectivity index (χ0n) is 13.7. The number of amides is 1. The van der Waals surface area contributed by atoms with Crippen LogP contribution in [0.3, 0.4) is 0 Å². The van der Waals surface area contributed by atoms with Crippen LogP contribution in [0, 0.1) is 0 Å². The second-order valence-corrected chi connectivity index (χ2v) is 6.26. The molecule has 1 amide bonds. The van der Waals surface area contributed by atoms with E-state index in [1.54, 1.807) is 0 Å². The Balaban J connectivity index is 2.10. The highest BCUT2D eigenvalue weighted by Crippen LogP contribution is 2.36. The standard InChI is InChI=1S/C16H17ClN2O5S/c1-3-14-19-10(8-25-14)6-24-16(21)9-4-11(17)15(12(5-9)22-2)23-7-13(18)20/h4-5,8H,3,6-7H2,1-2H3,(H2,18,20). The highest BCUT2D eigenvalue weighted by molar-refractivity contribution is 7.09. The molecule has 0 atom stereocenters. The first-order chi connectivity index (χ1) is 11.9. The number of carbonyl (C=O) groups is 2. The van der Waals surface area contributed by atoms with Crippen LogP contribution >= 0.6 is 22.9 Å². The number of aryl methyl sites for hydroxylation is 1. The average Bonchev–Trinajstić information content (AvgIpc) is 3.05. The Hall–Kier alpha value is -2.32. The molecule has 25 heavy (non-hydrogen) atoms. The number of esters is 1. The summed E-state index contributed by atoms with van der Waals surface area (Å²) in [5.74, 6) is -0.904. The number of nitrogens with zero attached hydrogens (tertiary/aromatic N) is 1. The minimum absolute atomic E-state index is 0.0647. The van der Waals surface area contributed by atoms with Crippen molar-refractivity contribution in [2.75, 3.05) is 13.7 Å². The maximum Gasteiger partial charge on any atom is 0.338 e. The van der Waals surface area contributed by atoms with E-state index in [9.17, 15) is 9.59 Å². The molecule has 0 unspecified atom stereocenters. The fraction of sp³-hybridized carbons (Fsp3) is 0.312. The van der Waals surface area contributed by atoms with Gasteiger partial charge in [0.25, 0.3) is 5.91 Å². The number of carbonyl (C=O) groups excluding carboxylic acids is 2. The molecule has 0 radical (unpaired) electrons. The van der Waals surface area contributed by atoms with Crippen molar-refractivity contribution in [3.8, 4) is 11.5 Å². The molecule has 1 heterocycles. The lowest BCUT2D eigenvalue weighted by Crippen LogP contribution is -2.20. The van der Waals surface area contributed by atoms with Gasteiger partial charge in [-0.05, 0) is 18.6 Å². The summed E-state index contributed by atoms with van der Waals surface area (Å²) in [5, 5.41) is 2.93. The van der Waals surface area contributed by atoms with E-state index in [1.165, 1.54) is 30.6 Å².